The van der Waals surface area contributed by atoms with Crippen LogP contribution in [0.1, 0.15) is 0 Å². The maximum Gasteiger partial charge on any atom is 0.269 e. The zero-order valence-corrected chi connectivity index (χ0v) is 21.1. The lowest BCUT2D eigenvalue weighted by molar-refractivity contribution is -0.384. The minimum atomic E-state index is -0.696. The minimum Gasteiger partial charge on any atom is -0.487 e. The molecule has 1 heterocycles. The molecule has 0 atom stereocenters. The van der Waals surface area contributed by atoms with Gasteiger partial charge in [-0.1, -0.05) is 0 Å². The monoisotopic (exact) mass is 543 g/mol. The molecule has 0 saturated heterocycles. The fourth-order valence-electron chi connectivity index (χ4n) is 3.59. The smallest absolute Gasteiger partial charge is 0.269 e. The summed E-state index contributed by atoms with van der Waals surface area (Å²) in [6.07, 6.45) is 0. The number of nitrogens with zero attached hydrogens (tertiary/aromatic N) is 1. The Morgan fingerprint density at radius 3 is 1.54 bits per heavy atom. The summed E-state index contributed by atoms with van der Waals surface area (Å²) < 4.78 is 33.6. The summed E-state index contributed by atoms with van der Waals surface area (Å²) in [5.74, 6) is 0.881. The molecule has 0 unspecified atom stereocenters. The van der Waals surface area contributed by atoms with Crippen LogP contribution in [-0.4, -0.2) is 71.0 Å². The van der Waals surface area contributed by atoms with Crippen LogP contribution in [0.25, 0.3) is 0 Å². The van der Waals surface area contributed by atoms with Crippen molar-refractivity contribution in [2.45, 2.75) is 0 Å². The van der Waals surface area contributed by atoms with Gasteiger partial charge in [0, 0.05) is 29.6 Å². The van der Waals surface area contributed by atoms with E-state index in [0.717, 1.165) is 0 Å². The molecule has 13 nitrogen and oxygen atoms in total. The molecule has 0 radical (unpaired) electrons. The van der Waals surface area contributed by atoms with Crippen LogP contribution in [0.15, 0.2) is 52.1 Å². The van der Waals surface area contributed by atoms with Crippen LogP contribution in [0.2, 0.25) is 0 Å². The van der Waals surface area contributed by atoms with Crippen molar-refractivity contribution < 1.29 is 33.3 Å². The normalized spacial score (nSPS) is 16.1. The maximum atomic E-state index is 12.3. The number of fused-ring (bicyclic) bond motifs is 1. The highest BCUT2D eigenvalue weighted by atomic mass is 16.6. The average molecular weight is 544 g/mol. The van der Waals surface area contributed by atoms with E-state index in [0.29, 0.717) is 75.7 Å². The molecule has 0 aromatic heterocycles. The average Bonchev–Trinajstić information content (AvgIpc) is 2.95. The molecule has 4 rings (SSSR count). The van der Waals surface area contributed by atoms with Crippen molar-refractivity contribution in [1.29, 1.82) is 0 Å². The molecule has 3 aromatic rings. The van der Waals surface area contributed by atoms with E-state index in [1.165, 1.54) is 24.3 Å². The number of non-ortho nitro benzene ring substituents is 1. The van der Waals surface area contributed by atoms with Gasteiger partial charge in [-0.05, 0) is 24.3 Å². The van der Waals surface area contributed by atoms with Crippen molar-refractivity contribution >= 4 is 28.4 Å². The fraction of sp³-hybridized carbons (Fsp3) is 0.385. The van der Waals surface area contributed by atoms with Crippen LogP contribution in [0.4, 0.5) is 28.4 Å². The van der Waals surface area contributed by atoms with Gasteiger partial charge < -0.3 is 39.1 Å². The number of hydrogen-bond acceptors (Lipinski definition) is 12. The number of ether oxygens (including phenoxy) is 6. The molecule has 2 N–H and O–H groups in total. The first kappa shape index (κ1) is 28.0. The quantitative estimate of drug-likeness (QED) is 0.276. The molecule has 3 aromatic carbocycles. The van der Waals surface area contributed by atoms with E-state index in [2.05, 4.69) is 10.6 Å². The second kappa shape index (κ2) is 14.2. The second-order valence-electron chi connectivity index (χ2n) is 8.27. The van der Waals surface area contributed by atoms with E-state index in [-0.39, 0.29) is 30.3 Å². The Kier molecular flexibility index (Phi) is 10.2. The highest BCUT2D eigenvalue weighted by Gasteiger charge is 2.22. The topological polar surface area (TPSA) is 157 Å². The van der Waals surface area contributed by atoms with E-state index >= 15 is 0 Å². The van der Waals surface area contributed by atoms with Crippen molar-refractivity contribution in [2.24, 2.45) is 0 Å². The standard InChI is InChI=1S/C26H29N3O10/c30-25-23(27-18-1-4-20(5-2-18)29(32)33)24(26(25)31)28-19-3-6-21-22(17-19)39-16-14-37-12-10-35-8-7-34-9-11-36-13-15-38-21/h1-6,17,27-28H,7-16H2. The van der Waals surface area contributed by atoms with Gasteiger partial charge in [0.25, 0.3) is 16.5 Å². The first-order valence-corrected chi connectivity index (χ1v) is 12.4. The zero-order valence-electron chi connectivity index (χ0n) is 21.1. The van der Waals surface area contributed by atoms with Crippen molar-refractivity contribution in [3.05, 3.63) is 73.0 Å². The summed E-state index contributed by atoms with van der Waals surface area (Å²) in [6, 6.07) is 10.5. The molecular formula is C26H29N3O10. The van der Waals surface area contributed by atoms with E-state index in [9.17, 15) is 19.7 Å². The minimum absolute atomic E-state index is 0.0570. The third-order valence-electron chi connectivity index (χ3n) is 5.56. The lowest BCUT2D eigenvalue weighted by atomic mass is 10.1. The van der Waals surface area contributed by atoms with Crippen molar-refractivity contribution in [2.75, 3.05) is 76.7 Å². The van der Waals surface area contributed by atoms with E-state index in [4.69, 9.17) is 28.4 Å². The Bertz CT molecular complexity index is 1300. The third kappa shape index (κ3) is 7.97. The van der Waals surface area contributed by atoms with Crippen LogP contribution in [0.5, 0.6) is 11.5 Å². The predicted molar refractivity (Wildman–Crippen MR) is 142 cm³/mol. The van der Waals surface area contributed by atoms with Gasteiger partial charge in [-0.2, -0.15) is 0 Å². The number of rotatable bonds is 5. The largest absolute Gasteiger partial charge is 0.487 e. The molecule has 1 aliphatic heterocycles. The Morgan fingerprint density at radius 2 is 1.03 bits per heavy atom. The third-order valence-corrected chi connectivity index (χ3v) is 5.56. The molecule has 0 amide bonds. The van der Waals surface area contributed by atoms with Gasteiger partial charge in [-0.25, -0.2) is 0 Å². The number of hydrogen-bond donors (Lipinski definition) is 2. The van der Waals surface area contributed by atoms with Crippen molar-refractivity contribution in [1.82, 2.24) is 0 Å². The fourth-order valence-corrected chi connectivity index (χ4v) is 3.59. The van der Waals surface area contributed by atoms with E-state index in [1.807, 2.05) is 0 Å². The Hall–Kier alpha value is -4.04. The summed E-state index contributed by atoms with van der Waals surface area (Å²) in [5.41, 5.74) is -0.438. The number of nitro groups is 1. The molecule has 0 fully saturated rings. The molecule has 0 spiro atoms. The van der Waals surface area contributed by atoms with E-state index < -0.39 is 15.8 Å². The Balaban J connectivity index is 1.44. The summed E-state index contributed by atoms with van der Waals surface area (Å²) >= 11 is 0. The summed E-state index contributed by atoms with van der Waals surface area (Å²) in [4.78, 5) is 34.9. The highest BCUT2D eigenvalue weighted by Crippen LogP contribution is 2.33. The van der Waals surface area contributed by atoms with Gasteiger partial charge in [-0.15, -0.1) is 0 Å². The number of benzene rings is 2. The van der Waals surface area contributed by atoms with Gasteiger partial charge in [0.05, 0.1) is 57.8 Å². The molecule has 13 heteroatoms. The summed E-state index contributed by atoms with van der Waals surface area (Å²) in [6.45, 7) is 3.88. The number of nitro benzene ring substituents is 1. The molecule has 0 aliphatic carbocycles. The highest BCUT2D eigenvalue weighted by molar-refractivity contribution is 5.82. The molecule has 0 bridgehead atoms. The van der Waals surface area contributed by atoms with Crippen LogP contribution >= 0.6 is 0 Å². The lowest BCUT2D eigenvalue weighted by Gasteiger charge is -2.17. The number of anilines is 4. The maximum absolute atomic E-state index is 12.3. The lowest BCUT2D eigenvalue weighted by Crippen LogP contribution is -2.35. The molecular weight excluding hydrogens is 514 g/mol. The van der Waals surface area contributed by atoms with Gasteiger partial charge in [0.15, 0.2) is 11.5 Å². The first-order valence-electron chi connectivity index (χ1n) is 12.4. The summed E-state index contributed by atoms with van der Waals surface area (Å²) in [7, 11) is 0. The molecule has 1 aliphatic rings. The van der Waals surface area contributed by atoms with Gasteiger partial charge in [0.2, 0.25) is 0 Å². The first-order chi connectivity index (χ1) is 19.0. The Morgan fingerprint density at radius 1 is 0.590 bits per heavy atom. The second-order valence-corrected chi connectivity index (χ2v) is 8.27. The summed E-state index contributed by atoms with van der Waals surface area (Å²) in [5, 5.41) is 16.7. The van der Waals surface area contributed by atoms with Gasteiger partial charge in [-0.3, -0.25) is 19.7 Å². The van der Waals surface area contributed by atoms with Crippen molar-refractivity contribution in [3.63, 3.8) is 0 Å². The van der Waals surface area contributed by atoms with Crippen LogP contribution in [-0.2, 0) is 18.9 Å². The Labute approximate surface area is 223 Å². The molecule has 39 heavy (non-hydrogen) atoms. The predicted octanol–water partition coefficient (Wildman–Crippen LogP) is 2.52. The van der Waals surface area contributed by atoms with Gasteiger partial charge >= 0.3 is 0 Å². The van der Waals surface area contributed by atoms with Crippen LogP contribution in [0, 0.1) is 10.1 Å². The van der Waals surface area contributed by atoms with Crippen molar-refractivity contribution in [3.8, 4) is 11.5 Å². The van der Waals surface area contributed by atoms with Gasteiger partial charge in [0.1, 0.15) is 24.6 Å². The molecule has 0 saturated carbocycles. The van der Waals surface area contributed by atoms with E-state index in [1.54, 1.807) is 18.2 Å². The number of nitrogens with one attached hydrogen (secondary N) is 2. The molecule has 208 valence electrons. The SMILES string of the molecule is O=c1c(Nc2ccc([N+](=O)[O-])cc2)c(Nc2ccc3c(c2)OCCOCCOCCOCCOCCO3)c1=O. The van der Waals surface area contributed by atoms with Crippen LogP contribution in [0.3, 0.4) is 0 Å². The zero-order chi connectivity index (χ0) is 27.5. The van der Waals surface area contributed by atoms with Crippen LogP contribution < -0.4 is 31.0 Å².